The van der Waals surface area contributed by atoms with Crippen LogP contribution in [0, 0.1) is 5.82 Å². The van der Waals surface area contributed by atoms with Gasteiger partial charge in [0.1, 0.15) is 23.9 Å². The maximum Gasteiger partial charge on any atom is 0.387 e. The van der Waals surface area contributed by atoms with Gasteiger partial charge in [0.2, 0.25) is 0 Å². The molecule has 3 aromatic rings. The van der Waals surface area contributed by atoms with Crippen molar-refractivity contribution in [3.05, 3.63) is 84.2 Å². The van der Waals surface area contributed by atoms with Crippen molar-refractivity contribution in [1.82, 2.24) is 0 Å². The second kappa shape index (κ2) is 10.7. The molecule has 0 bridgehead atoms. The van der Waals surface area contributed by atoms with Gasteiger partial charge in [-0.1, -0.05) is 48.6 Å². The zero-order valence-electron chi connectivity index (χ0n) is 17.6. The van der Waals surface area contributed by atoms with Crippen LogP contribution in [0.5, 0.6) is 11.5 Å². The van der Waals surface area contributed by atoms with Crippen molar-refractivity contribution < 1.29 is 22.6 Å². The van der Waals surface area contributed by atoms with E-state index in [9.17, 15) is 8.78 Å². The average molecular weight is 426 g/mol. The zero-order valence-corrected chi connectivity index (χ0v) is 17.6. The van der Waals surface area contributed by atoms with Crippen LogP contribution in [-0.2, 0) is 6.42 Å². The Kier molecular flexibility index (Phi) is 7.76. The van der Waals surface area contributed by atoms with Crippen LogP contribution in [0.2, 0.25) is 0 Å². The number of alkyl halides is 2. The molecule has 162 valence electrons. The minimum atomic E-state index is -3.06. The summed E-state index contributed by atoms with van der Waals surface area (Å²) in [7, 11) is 0. The van der Waals surface area contributed by atoms with Gasteiger partial charge in [0, 0.05) is 5.39 Å². The summed E-state index contributed by atoms with van der Waals surface area (Å²) in [6.45, 7) is 1.14. The van der Waals surface area contributed by atoms with Gasteiger partial charge in [0.15, 0.2) is 0 Å². The highest BCUT2D eigenvalue weighted by Crippen LogP contribution is 2.39. The molecule has 3 rings (SSSR count). The molecule has 0 aromatic heterocycles. The van der Waals surface area contributed by atoms with Crippen LogP contribution in [0.25, 0.3) is 21.9 Å². The molecule has 0 aliphatic rings. The molecular formula is C26H25F3O2. The second-order valence-electron chi connectivity index (χ2n) is 7.01. The van der Waals surface area contributed by atoms with E-state index in [-0.39, 0.29) is 11.3 Å². The number of ether oxygens (including phenoxy) is 2. The van der Waals surface area contributed by atoms with E-state index in [1.165, 1.54) is 6.07 Å². The monoisotopic (exact) mass is 426 g/mol. The molecular weight excluding hydrogens is 401 g/mol. The number of allylic oxidation sites excluding steroid dienone is 3. The summed E-state index contributed by atoms with van der Waals surface area (Å²) in [5.74, 6) is -0.284. The fourth-order valence-corrected chi connectivity index (χ4v) is 3.36. The van der Waals surface area contributed by atoms with Gasteiger partial charge in [0.05, 0.1) is 5.56 Å². The summed E-state index contributed by atoms with van der Waals surface area (Å²) in [5.41, 5.74) is 1.59. The normalized spacial score (nSPS) is 11.8. The highest BCUT2D eigenvalue weighted by atomic mass is 19.3. The van der Waals surface area contributed by atoms with Crippen molar-refractivity contribution in [2.75, 3.05) is 6.61 Å². The largest absolute Gasteiger partial charge is 0.490 e. The van der Waals surface area contributed by atoms with Gasteiger partial charge in [-0.3, -0.25) is 0 Å². The van der Waals surface area contributed by atoms with Crippen LogP contribution in [0.15, 0.2) is 72.8 Å². The number of halogens is 3. The van der Waals surface area contributed by atoms with Crippen molar-refractivity contribution in [1.29, 1.82) is 0 Å². The van der Waals surface area contributed by atoms with E-state index in [2.05, 4.69) is 6.08 Å². The van der Waals surface area contributed by atoms with Crippen molar-refractivity contribution in [3.63, 3.8) is 0 Å². The summed E-state index contributed by atoms with van der Waals surface area (Å²) in [6, 6.07) is 13.5. The number of hydrogen-bond donors (Lipinski definition) is 0. The summed E-state index contributed by atoms with van der Waals surface area (Å²) in [6.07, 6.45) is 9.50. The number of benzene rings is 3. The molecule has 0 saturated heterocycles. The third kappa shape index (κ3) is 5.69. The number of rotatable bonds is 9. The lowest BCUT2D eigenvalue weighted by atomic mass is 9.97. The van der Waals surface area contributed by atoms with Gasteiger partial charge in [0.25, 0.3) is 0 Å². The molecule has 2 nitrogen and oxygen atoms in total. The molecule has 0 fully saturated rings. The molecule has 0 heterocycles. The van der Waals surface area contributed by atoms with Gasteiger partial charge < -0.3 is 9.47 Å². The molecule has 0 amide bonds. The van der Waals surface area contributed by atoms with Crippen LogP contribution >= 0.6 is 0 Å². The predicted octanol–water partition coefficient (Wildman–Crippen LogP) is 7.71. The number of fused-ring (bicyclic) bond motifs is 1. The van der Waals surface area contributed by atoms with Crippen LogP contribution in [-0.4, -0.2) is 13.2 Å². The third-order valence-corrected chi connectivity index (χ3v) is 4.89. The molecule has 0 atom stereocenters. The summed E-state index contributed by atoms with van der Waals surface area (Å²) >= 11 is 0. The molecule has 0 saturated carbocycles. The zero-order chi connectivity index (χ0) is 22.2. The second-order valence-corrected chi connectivity index (χ2v) is 7.01. The first-order chi connectivity index (χ1) is 15.0. The first-order valence-electron chi connectivity index (χ1n) is 10.2. The highest BCUT2D eigenvalue weighted by molar-refractivity contribution is 5.92. The third-order valence-electron chi connectivity index (χ3n) is 4.89. The Hall–Kier alpha value is -3.21. The van der Waals surface area contributed by atoms with Crippen molar-refractivity contribution in [2.45, 2.75) is 33.3 Å². The summed E-state index contributed by atoms with van der Waals surface area (Å²) in [5, 5.41) is 0.741. The maximum atomic E-state index is 15.5. The maximum absolute atomic E-state index is 15.5. The van der Waals surface area contributed by atoms with E-state index in [1.54, 1.807) is 30.3 Å². The van der Waals surface area contributed by atoms with Crippen LogP contribution in [0.3, 0.4) is 0 Å². The predicted molar refractivity (Wildman–Crippen MR) is 119 cm³/mol. The first-order valence-corrected chi connectivity index (χ1v) is 10.2. The Bertz CT molecular complexity index is 1070. The minimum absolute atomic E-state index is 0.0235. The SMILES string of the molecule is CC=CCOc1ccc2c(F)c(-c3ccc(CC/C=C/C)cc3)c(OC(F)F)cc2c1. The van der Waals surface area contributed by atoms with Crippen LogP contribution in [0.4, 0.5) is 13.2 Å². The minimum Gasteiger partial charge on any atom is -0.490 e. The van der Waals surface area contributed by atoms with Crippen molar-refractivity contribution >= 4 is 10.8 Å². The van der Waals surface area contributed by atoms with E-state index in [0.29, 0.717) is 28.7 Å². The molecule has 0 radical (unpaired) electrons. The average Bonchev–Trinajstić information content (AvgIpc) is 2.74. The number of aryl methyl sites for hydroxylation is 1. The Morgan fingerprint density at radius 2 is 1.68 bits per heavy atom. The van der Waals surface area contributed by atoms with Crippen molar-refractivity contribution in [2.24, 2.45) is 0 Å². The van der Waals surface area contributed by atoms with Gasteiger partial charge in [-0.05, 0) is 67.5 Å². The molecule has 0 aliphatic heterocycles. The Labute approximate surface area is 180 Å². The highest BCUT2D eigenvalue weighted by Gasteiger charge is 2.19. The summed E-state index contributed by atoms with van der Waals surface area (Å²) < 4.78 is 51.9. The van der Waals surface area contributed by atoms with Gasteiger partial charge in [-0.15, -0.1) is 0 Å². The molecule has 0 N–H and O–H groups in total. The lowest BCUT2D eigenvalue weighted by Crippen LogP contribution is -2.05. The van der Waals surface area contributed by atoms with Crippen LogP contribution in [0.1, 0.15) is 25.8 Å². The van der Waals surface area contributed by atoms with E-state index in [0.717, 1.165) is 18.4 Å². The van der Waals surface area contributed by atoms with Gasteiger partial charge >= 0.3 is 6.61 Å². The Morgan fingerprint density at radius 1 is 0.935 bits per heavy atom. The van der Waals surface area contributed by atoms with E-state index in [4.69, 9.17) is 9.47 Å². The van der Waals surface area contributed by atoms with E-state index in [1.807, 2.05) is 44.2 Å². The molecule has 31 heavy (non-hydrogen) atoms. The fourth-order valence-electron chi connectivity index (χ4n) is 3.36. The molecule has 3 aromatic carbocycles. The number of hydrogen-bond acceptors (Lipinski definition) is 2. The topological polar surface area (TPSA) is 18.5 Å². The van der Waals surface area contributed by atoms with Crippen LogP contribution < -0.4 is 9.47 Å². The van der Waals surface area contributed by atoms with Gasteiger partial charge in [-0.2, -0.15) is 8.78 Å². The lowest BCUT2D eigenvalue weighted by Gasteiger charge is -2.15. The standard InChI is InChI=1S/C26H25F3O2/c1-3-5-7-8-18-9-11-19(12-10-18)24-23(31-26(28)29)17-20-16-21(30-15-6-4-2)13-14-22(20)25(24)27/h3-6,9-14,16-17,26H,7-8,15H2,1-2H3/b5-3+,6-4?. The summed E-state index contributed by atoms with van der Waals surface area (Å²) in [4.78, 5) is 0. The van der Waals surface area contributed by atoms with Gasteiger partial charge in [-0.25, -0.2) is 4.39 Å². The quantitative estimate of drug-likeness (QED) is 0.326. The van der Waals surface area contributed by atoms with Crippen molar-refractivity contribution in [3.8, 4) is 22.6 Å². The Balaban J connectivity index is 2.02. The molecule has 5 heteroatoms. The molecule has 0 unspecified atom stereocenters. The smallest absolute Gasteiger partial charge is 0.387 e. The fraction of sp³-hybridized carbons (Fsp3) is 0.231. The molecule has 0 spiro atoms. The first kappa shape index (κ1) is 22.5. The lowest BCUT2D eigenvalue weighted by molar-refractivity contribution is -0.0494. The molecule has 0 aliphatic carbocycles. The Morgan fingerprint density at radius 3 is 2.35 bits per heavy atom. The van der Waals surface area contributed by atoms with E-state index < -0.39 is 12.4 Å². The van der Waals surface area contributed by atoms with E-state index >= 15 is 4.39 Å².